The standard InChI is InChI=1S/C12H21NO5/c1-9(2)8-18-10(7-14)6-13(3)11(15)4-5-12(16)17/h7,9-10H,4-6,8H2,1-3H3,(H,16,17). The largest absolute Gasteiger partial charge is 0.481 e. The smallest absolute Gasteiger partial charge is 0.303 e. The summed E-state index contributed by atoms with van der Waals surface area (Å²) < 4.78 is 5.32. The third-order valence-electron chi connectivity index (χ3n) is 2.23. The van der Waals surface area contributed by atoms with Gasteiger partial charge in [0.25, 0.3) is 0 Å². The zero-order valence-corrected chi connectivity index (χ0v) is 11.1. The van der Waals surface area contributed by atoms with E-state index in [4.69, 9.17) is 9.84 Å². The van der Waals surface area contributed by atoms with E-state index in [1.807, 2.05) is 13.8 Å². The van der Waals surface area contributed by atoms with Crippen LogP contribution < -0.4 is 0 Å². The summed E-state index contributed by atoms with van der Waals surface area (Å²) in [7, 11) is 1.53. The minimum Gasteiger partial charge on any atom is -0.481 e. The van der Waals surface area contributed by atoms with Crippen LogP contribution in [-0.2, 0) is 19.1 Å². The molecule has 0 saturated carbocycles. The minimum atomic E-state index is -1.01. The van der Waals surface area contributed by atoms with Crippen LogP contribution in [0.3, 0.4) is 0 Å². The lowest BCUT2D eigenvalue weighted by atomic mass is 10.2. The Bertz CT molecular complexity index is 290. The topological polar surface area (TPSA) is 83.9 Å². The Morgan fingerprint density at radius 2 is 1.94 bits per heavy atom. The Morgan fingerprint density at radius 3 is 2.39 bits per heavy atom. The second-order valence-corrected chi connectivity index (χ2v) is 4.57. The molecule has 1 N–H and O–H groups in total. The van der Waals surface area contributed by atoms with Gasteiger partial charge in [-0.15, -0.1) is 0 Å². The van der Waals surface area contributed by atoms with Crippen LogP contribution in [0, 0.1) is 5.92 Å². The third kappa shape index (κ3) is 7.78. The van der Waals surface area contributed by atoms with Gasteiger partial charge in [-0.05, 0) is 5.92 Å². The van der Waals surface area contributed by atoms with E-state index in [2.05, 4.69) is 0 Å². The van der Waals surface area contributed by atoms with Crippen LogP contribution in [0.1, 0.15) is 26.7 Å². The fourth-order valence-corrected chi connectivity index (χ4v) is 1.23. The second-order valence-electron chi connectivity index (χ2n) is 4.57. The molecule has 0 fully saturated rings. The number of carbonyl (C=O) groups excluding carboxylic acids is 2. The van der Waals surface area contributed by atoms with E-state index < -0.39 is 12.1 Å². The van der Waals surface area contributed by atoms with Crippen molar-refractivity contribution in [2.24, 2.45) is 5.92 Å². The number of rotatable bonds is 9. The summed E-state index contributed by atoms with van der Waals surface area (Å²) in [5.74, 6) is -1.02. The molecule has 0 aliphatic heterocycles. The lowest BCUT2D eigenvalue weighted by Crippen LogP contribution is -2.37. The molecule has 104 valence electrons. The third-order valence-corrected chi connectivity index (χ3v) is 2.23. The molecule has 0 aromatic carbocycles. The van der Waals surface area contributed by atoms with Crippen LogP contribution in [-0.4, -0.2) is 54.5 Å². The van der Waals surface area contributed by atoms with E-state index in [9.17, 15) is 14.4 Å². The molecule has 0 saturated heterocycles. The molecule has 0 spiro atoms. The molecular weight excluding hydrogens is 238 g/mol. The molecule has 1 atom stereocenters. The molecule has 0 rings (SSSR count). The molecule has 0 bridgehead atoms. The summed E-state index contributed by atoms with van der Waals surface area (Å²) >= 11 is 0. The Morgan fingerprint density at radius 1 is 1.33 bits per heavy atom. The summed E-state index contributed by atoms with van der Waals surface area (Å²) in [6.45, 7) is 4.52. The highest BCUT2D eigenvalue weighted by atomic mass is 16.5. The SMILES string of the molecule is CC(C)COC(C=O)CN(C)C(=O)CCC(=O)O. The summed E-state index contributed by atoms with van der Waals surface area (Å²) in [5, 5.41) is 8.47. The number of ether oxygens (including phenoxy) is 1. The van der Waals surface area contributed by atoms with Crippen molar-refractivity contribution >= 4 is 18.2 Å². The van der Waals surface area contributed by atoms with Gasteiger partial charge in [0.1, 0.15) is 6.10 Å². The van der Waals surface area contributed by atoms with E-state index in [0.29, 0.717) is 18.8 Å². The average Bonchev–Trinajstić information content (AvgIpc) is 2.30. The number of nitrogens with zero attached hydrogens (tertiary/aromatic N) is 1. The molecule has 0 aromatic rings. The number of hydrogen-bond acceptors (Lipinski definition) is 4. The molecule has 0 radical (unpaired) electrons. The Balaban J connectivity index is 4.08. The second kappa shape index (κ2) is 8.63. The Hall–Kier alpha value is -1.43. The summed E-state index contributed by atoms with van der Waals surface area (Å²) in [5.41, 5.74) is 0. The van der Waals surface area contributed by atoms with Crippen LogP contribution in [0.5, 0.6) is 0 Å². The molecule has 6 heteroatoms. The normalized spacial score (nSPS) is 12.2. The predicted molar refractivity (Wildman–Crippen MR) is 65.1 cm³/mol. The first-order valence-corrected chi connectivity index (χ1v) is 5.89. The number of carboxylic acids is 1. The lowest BCUT2D eigenvalue weighted by Gasteiger charge is -2.21. The molecular formula is C12H21NO5. The molecule has 0 aliphatic rings. The fraction of sp³-hybridized carbons (Fsp3) is 0.750. The van der Waals surface area contributed by atoms with Crippen LogP contribution in [0.2, 0.25) is 0 Å². The highest BCUT2D eigenvalue weighted by molar-refractivity contribution is 5.80. The van der Waals surface area contributed by atoms with Crippen molar-refractivity contribution in [3.8, 4) is 0 Å². The Labute approximate surface area is 107 Å². The molecule has 1 unspecified atom stereocenters. The van der Waals surface area contributed by atoms with Gasteiger partial charge in [-0.2, -0.15) is 0 Å². The molecule has 0 aromatic heterocycles. The number of hydrogen-bond donors (Lipinski definition) is 1. The van der Waals surface area contributed by atoms with E-state index in [1.54, 1.807) is 0 Å². The number of carbonyl (C=O) groups is 3. The van der Waals surface area contributed by atoms with E-state index >= 15 is 0 Å². The monoisotopic (exact) mass is 259 g/mol. The maximum atomic E-state index is 11.5. The zero-order chi connectivity index (χ0) is 14.1. The van der Waals surface area contributed by atoms with Crippen molar-refractivity contribution < 1.29 is 24.2 Å². The van der Waals surface area contributed by atoms with Gasteiger partial charge in [-0.3, -0.25) is 9.59 Å². The summed E-state index contributed by atoms with van der Waals surface area (Å²) in [4.78, 5) is 34.0. The molecule has 18 heavy (non-hydrogen) atoms. The number of amides is 1. The number of aldehydes is 1. The van der Waals surface area contributed by atoms with Crippen molar-refractivity contribution in [1.29, 1.82) is 0 Å². The minimum absolute atomic E-state index is 0.0679. The first-order chi connectivity index (χ1) is 8.36. The Kier molecular flexibility index (Phi) is 7.94. The van der Waals surface area contributed by atoms with Crippen molar-refractivity contribution in [1.82, 2.24) is 4.90 Å². The average molecular weight is 259 g/mol. The van der Waals surface area contributed by atoms with E-state index in [-0.39, 0.29) is 25.3 Å². The highest BCUT2D eigenvalue weighted by Gasteiger charge is 2.16. The summed E-state index contributed by atoms with van der Waals surface area (Å²) in [6, 6.07) is 0. The first-order valence-electron chi connectivity index (χ1n) is 5.89. The molecule has 0 heterocycles. The summed E-state index contributed by atoms with van der Waals surface area (Å²) in [6.07, 6.45) is -0.279. The van der Waals surface area contributed by atoms with Crippen molar-refractivity contribution in [2.75, 3.05) is 20.2 Å². The maximum absolute atomic E-state index is 11.5. The maximum Gasteiger partial charge on any atom is 0.303 e. The van der Waals surface area contributed by atoms with Crippen LogP contribution in [0.15, 0.2) is 0 Å². The van der Waals surface area contributed by atoms with Crippen LogP contribution >= 0.6 is 0 Å². The van der Waals surface area contributed by atoms with Gasteiger partial charge in [0.15, 0.2) is 6.29 Å². The molecule has 0 aliphatic carbocycles. The number of carboxylic acid groups (broad SMARTS) is 1. The van der Waals surface area contributed by atoms with Crippen molar-refractivity contribution in [3.05, 3.63) is 0 Å². The van der Waals surface area contributed by atoms with Crippen molar-refractivity contribution in [3.63, 3.8) is 0 Å². The van der Waals surface area contributed by atoms with Gasteiger partial charge < -0.3 is 19.5 Å². The first kappa shape index (κ1) is 16.6. The lowest BCUT2D eigenvalue weighted by molar-refractivity contribution is -0.141. The van der Waals surface area contributed by atoms with Crippen molar-refractivity contribution in [2.45, 2.75) is 32.8 Å². The fourth-order valence-electron chi connectivity index (χ4n) is 1.23. The zero-order valence-electron chi connectivity index (χ0n) is 11.1. The number of likely N-dealkylation sites (N-methyl/N-ethyl adjacent to an activating group) is 1. The van der Waals surface area contributed by atoms with Gasteiger partial charge in [0.2, 0.25) is 5.91 Å². The predicted octanol–water partition coefficient (Wildman–Crippen LogP) is 0.550. The van der Waals surface area contributed by atoms with Gasteiger partial charge in [-0.25, -0.2) is 0 Å². The van der Waals surface area contributed by atoms with Gasteiger partial charge in [-0.1, -0.05) is 13.8 Å². The van der Waals surface area contributed by atoms with Crippen LogP contribution in [0.25, 0.3) is 0 Å². The van der Waals surface area contributed by atoms with Gasteiger partial charge in [0, 0.05) is 20.1 Å². The van der Waals surface area contributed by atoms with Crippen LogP contribution in [0.4, 0.5) is 0 Å². The highest BCUT2D eigenvalue weighted by Crippen LogP contribution is 2.01. The van der Waals surface area contributed by atoms with Gasteiger partial charge in [0.05, 0.1) is 13.0 Å². The molecule has 6 nitrogen and oxygen atoms in total. The molecule has 1 amide bonds. The van der Waals surface area contributed by atoms with Gasteiger partial charge >= 0.3 is 5.97 Å². The van der Waals surface area contributed by atoms with E-state index in [0.717, 1.165) is 0 Å². The quantitative estimate of drug-likeness (QED) is 0.611. The van der Waals surface area contributed by atoms with E-state index in [1.165, 1.54) is 11.9 Å². The number of aliphatic carboxylic acids is 1.